The van der Waals surface area contributed by atoms with Crippen LogP contribution in [0.25, 0.3) is 0 Å². The molecule has 2 rings (SSSR count). The van der Waals surface area contributed by atoms with Crippen LogP contribution in [0.5, 0.6) is 0 Å². The second kappa shape index (κ2) is 6.49. The van der Waals surface area contributed by atoms with Crippen LogP contribution in [-0.4, -0.2) is 9.97 Å². The van der Waals surface area contributed by atoms with Crippen molar-refractivity contribution in [2.24, 2.45) is 5.84 Å². The number of anilines is 3. The first-order chi connectivity index (χ1) is 9.63. The third-order valence-electron chi connectivity index (χ3n) is 2.71. The van der Waals surface area contributed by atoms with Crippen molar-refractivity contribution in [2.45, 2.75) is 19.8 Å². The zero-order valence-electron chi connectivity index (χ0n) is 11.0. The van der Waals surface area contributed by atoms with Gasteiger partial charge in [-0.2, -0.15) is 0 Å². The first-order valence-corrected chi connectivity index (χ1v) is 6.55. The monoisotopic (exact) mass is 295 g/mol. The largest absolute Gasteiger partial charge is 0.340 e. The highest BCUT2D eigenvalue weighted by Crippen LogP contribution is 2.26. The third kappa shape index (κ3) is 3.34. The Balaban J connectivity index is 2.37. The van der Waals surface area contributed by atoms with E-state index in [1.54, 1.807) is 6.07 Å². The molecule has 1 aromatic carbocycles. The summed E-state index contributed by atoms with van der Waals surface area (Å²) in [7, 11) is 0. The molecule has 0 unspecified atom stereocenters. The van der Waals surface area contributed by atoms with Gasteiger partial charge in [0.25, 0.3) is 0 Å². The standard InChI is InChI=1S/C13H15ClFN5/c1-2-3-11-12(17-7-18-13(11)20-16)19-10-5-8(14)4-9(15)6-10/h4-7H,2-3,16H2,1H3,(H2,17,18,19,20). The van der Waals surface area contributed by atoms with Crippen molar-refractivity contribution in [3.8, 4) is 0 Å². The summed E-state index contributed by atoms with van der Waals surface area (Å²) in [6.07, 6.45) is 3.03. The maximum atomic E-state index is 13.3. The minimum absolute atomic E-state index is 0.316. The highest BCUT2D eigenvalue weighted by atomic mass is 35.5. The predicted molar refractivity (Wildman–Crippen MR) is 78.5 cm³/mol. The lowest BCUT2D eigenvalue weighted by atomic mass is 10.1. The summed E-state index contributed by atoms with van der Waals surface area (Å²) < 4.78 is 13.3. The molecule has 1 aromatic heterocycles. The number of aromatic nitrogens is 2. The van der Waals surface area contributed by atoms with Gasteiger partial charge in [-0.25, -0.2) is 20.2 Å². The number of nitrogens with one attached hydrogen (secondary N) is 2. The molecule has 0 amide bonds. The molecule has 20 heavy (non-hydrogen) atoms. The van der Waals surface area contributed by atoms with Gasteiger partial charge in [0.15, 0.2) is 0 Å². The van der Waals surface area contributed by atoms with E-state index in [4.69, 9.17) is 17.4 Å². The molecule has 0 aliphatic rings. The predicted octanol–water partition coefficient (Wildman–Crippen LogP) is 3.25. The van der Waals surface area contributed by atoms with Crippen LogP contribution in [0.1, 0.15) is 18.9 Å². The molecule has 2 aromatic rings. The van der Waals surface area contributed by atoms with E-state index < -0.39 is 5.82 Å². The van der Waals surface area contributed by atoms with Gasteiger partial charge in [0.05, 0.1) is 0 Å². The number of rotatable bonds is 5. The Morgan fingerprint density at radius 1 is 1.25 bits per heavy atom. The molecular formula is C13H15ClFN5. The molecule has 0 fully saturated rings. The molecular weight excluding hydrogens is 281 g/mol. The molecule has 5 nitrogen and oxygen atoms in total. The first-order valence-electron chi connectivity index (χ1n) is 6.17. The summed E-state index contributed by atoms with van der Waals surface area (Å²) in [5.74, 6) is 6.16. The number of halogens is 2. The van der Waals surface area contributed by atoms with Gasteiger partial charge in [-0.1, -0.05) is 24.9 Å². The van der Waals surface area contributed by atoms with Gasteiger partial charge in [-0.15, -0.1) is 0 Å². The lowest BCUT2D eigenvalue weighted by Gasteiger charge is -2.13. The van der Waals surface area contributed by atoms with Crippen molar-refractivity contribution in [2.75, 3.05) is 10.7 Å². The first kappa shape index (κ1) is 14.5. The average molecular weight is 296 g/mol. The van der Waals surface area contributed by atoms with Crippen molar-refractivity contribution >= 4 is 28.9 Å². The van der Waals surface area contributed by atoms with Crippen LogP contribution in [0.15, 0.2) is 24.5 Å². The van der Waals surface area contributed by atoms with Crippen LogP contribution < -0.4 is 16.6 Å². The number of benzene rings is 1. The fraction of sp³-hybridized carbons (Fsp3) is 0.231. The Kier molecular flexibility index (Phi) is 4.70. The van der Waals surface area contributed by atoms with Crippen molar-refractivity contribution < 1.29 is 4.39 Å². The minimum Gasteiger partial charge on any atom is -0.340 e. The van der Waals surface area contributed by atoms with E-state index in [9.17, 15) is 4.39 Å². The van der Waals surface area contributed by atoms with Crippen molar-refractivity contribution in [1.29, 1.82) is 0 Å². The molecule has 0 spiro atoms. The van der Waals surface area contributed by atoms with E-state index in [2.05, 4.69) is 20.7 Å². The summed E-state index contributed by atoms with van der Waals surface area (Å²) in [6, 6.07) is 4.21. The molecule has 1 heterocycles. The normalized spacial score (nSPS) is 10.4. The average Bonchev–Trinajstić information content (AvgIpc) is 2.39. The summed E-state index contributed by atoms with van der Waals surface area (Å²) in [6.45, 7) is 2.04. The molecule has 4 N–H and O–H groups in total. The maximum Gasteiger partial charge on any atom is 0.148 e. The molecule has 0 saturated carbocycles. The zero-order chi connectivity index (χ0) is 14.5. The van der Waals surface area contributed by atoms with E-state index >= 15 is 0 Å². The van der Waals surface area contributed by atoms with E-state index in [0.29, 0.717) is 22.3 Å². The molecule has 0 atom stereocenters. The van der Waals surface area contributed by atoms with Crippen LogP contribution in [0, 0.1) is 5.82 Å². The van der Waals surface area contributed by atoms with Gasteiger partial charge in [0.1, 0.15) is 23.8 Å². The lowest BCUT2D eigenvalue weighted by Crippen LogP contribution is -2.13. The molecule has 0 bridgehead atoms. The number of hydrazine groups is 1. The van der Waals surface area contributed by atoms with Crippen LogP contribution in [0.3, 0.4) is 0 Å². The highest BCUT2D eigenvalue weighted by molar-refractivity contribution is 6.30. The molecule has 0 saturated heterocycles. The van der Waals surface area contributed by atoms with E-state index in [1.165, 1.54) is 18.5 Å². The molecule has 0 aliphatic carbocycles. The molecule has 7 heteroatoms. The minimum atomic E-state index is -0.414. The van der Waals surface area contributed by atoms with Crippen molar-refractivity contribution in [1.82, 2.24) is 9.97 Å². The summed E-state index contributed by atoms with van der Waals surface area (Å²) in [5, 5.41) is 3.36. The Morgan fingerprint density at radius 3 is 2.65 bits per heavy atom. The highest BCUT2D eigenvalue weighted by Gasteiger charge is 2.11. The summed E-state index contributed by atoms with van der Waals surface area (Å²) in [4.78, 5) is 8.24. The van der Waals surface area contributed by atoms with Crippen LogP contribution >= 0.6 is 11.6 Å². The number of nitrogens with zero attached hydrogens (tertiary/aromatic N) is 2. The van der Waals surface area contributed by atoms with Gasteiger partial charge in [0.2, 0.25) is 0 Å². The number of hydrogen-bond donors (Lipinski definition) is 3. The maximum absolute atomic E-state index is 13.3. The second-order valence-electron chi connectivity index (χ2n) is 4.23. The molecule has 0 aliphatic heterocycles. The van der Waals surface area contributed by atoms with Crippen molar-refractivity contribution in [3.63, 3.8) is 0 Å². The van der Waals surface area contributed by atoms with Gasteiger partial charge in [0, 0.05) is 16.3 Å². The number of hydrogen-bond acceptors (Lipinski definition) is 5. The second-order valence-corrected chi connectivity index (χ2v) is 4.66. The van der Waals surface area contributed by atoms with Gasteiger partial charge < -0.3 is 10.7 Å². The van der Waals surface area contributed by atoms with Crippen LogP contribution in [0.2, 0.25) is 5.02 Å². The smallest absolute Gasteiger partial charge is 0.148 e. The SMILES string of the molecule is CCCc1c(NN)ncnc1Nc1cc(F)cc(Cl)c1. The summed E-state index contributed by atoms with van der Waals surface area (Å²) >= 11 is 5.83. The summed E-state index contributed by atoms with van der Waals surface area (Å²) in [5.41, 5.74) is 3.91. The Labute approximate surface area is 121 Å². The van der Waals surface area contributed by atoms with E-state index in [1.807, 2.05) is 6.92 Å². The fourth-order valence-electron chi connectivity index (χ4n) is 1.89. The van der Waals surface area contributed by atoms with Gasteiger partial charge in [-0.05, 0) is 24.6 Å². The zero-order valence-corrected chi connectivity index (χ0v) is 11.7. The van der Waals surface area contributed by atoms with Gasteiger partial charge in [-0.3, -0.25) is 0 Å². The van der Waals surface area contributed by atoms with Crippen LogP contribution in [-0.2, 0) is 6.42 Å². The lowest BCUT2D eigenvalue weighted by molar-refractivity contribution is 0.628. The fourth-order valence-corrected chi connectivity index (χ4v) is 2.12. The molecule has 106 valence electrons. The van der Waals surface area contributed by atoms with E-state index in [-0.39, 0.29) is 0 Å². The Bertz CT molecular complexity index is 585. The number of nitrogens with two attached hydrogens (primary N) is 1. The Hall–Kier alpha value is -1.92. The third-order valence-corrected chi connectivity index (χ3v) is 2.93. The Morgan fingerprint density at radius 2 is 2.00 bits per heavy atom. The van der Waals surface area contributed by atoms with Gasteiger partial charge >= 0.3 is 0 Å². The van der Waals surface area contributed by atoms with Crippen molar-refractivity contribution in [3.05, 3.63) is 40.9 Å². The van der Waals surface area contributed by atoms with E-state index in [0.717, 1.165) is 18.4 Å². The topological polar surface area (TPSA) is 75.9 Å². The quantitative estimate of drug-likeness (QED) is 0.583. The van der Waals surface area contributed by atoms with Crippen LogP contribution in [0.4, 0.5) is 21.7 Å². The molecule has 0 radical (unpaired) electrons. The number of nitrogen functional groups attached to an aromatic ring is 1.